The van der Waals surface area contributed by atoms with Crippen molar-refractivity contribution in [2.24, 2.45) is 7.05 Å². The fourth-order valence-corrected chi connectivity index (χ4v) is 5.63. The van der Waals surface area contributed by atoms with E-state index in [1.165, 1.54) is 38.5 Å². The van der Waals surface area contributed by atoms with Crippen LogP contribution in [0.25, 0.3) is 0 Å². The third kappa shape index (κ3) is 3.31. The molecule has 0 bridgehead atoms. The highest BCUT2D eigenvalue weighted by Gasteiger charge is 2.48. The lowest BCUT2D eigenvalue weighted by molar-refractivity contribution is -0.129. The first-order valence-corrected chi connectivity index (χ1v) is 10.9. The van der Waals surface area contributed by atoms with Crippen molar-refractivity contribution in [2.45, 2.75) is 94.0 Å². The molecule has 1 N–H and O–H groups in total. The van der Waals surface area contributed by atoms with Crippen LogP contribution in [0.5, 0.6) is 0 Å². The number of carbonyl (C=O) groups is 1. The van der Waals surface area contributed by atoms with Gasteiger partial charge in [0.1, 0.15) is 0 Å². The third-order valence-corrected chi connectivity index (χ3v) is 7.18. The number of nitrogens with zero attached hydrogens (tertiary/aromatic N) is 3. The zero-order chi connectivity index (χ0) is 18.4. The van der Waals surface area contributed by atoms with Crippen LogP contribution in [0.1, 0.15) is 75.9 Å². The van der Waals surface area contributed by atoms with Gasteiger partial charge >= 0.3 is 0 Å². The first kappa shape index (κ1) is 17.7. The van der Waals surface area contributed by atoms with Crippen LogP contribution in [-0.2, 0) is 16.6 Å². The van der Waals surface area contributed by atoms with Crippen molar-refractivity contribution in [1.82, 2.24) is 20.0 Å². The molecular formula is C21H32N4O2. The lowest BCUT2D eigenvalue weighted by atomic mass is 9.83. The number of amides is 1. The minimum Gasteiger partial charge on any atom is -0.370 e. The SMILES string of the molecule is Cn1nccc1[C@H]1[C@H](NCC2CCC3(CCCCC3)O2)CC(=O)N1C1CC1. The summed E-state index contributed by atoms with van der Waals surface area (Å²) in [6, 6.07) is 2.75. The Morgan fingerprint density at radius 2 is 2.04 bits per heavy atom. The van der Waals surface area contributed by atoms with Crippen molar-refractivity contribution in [3.8, 4) is 0 Å². The minimum absolute atomic E-state index is 0.0996. The van der Waals surface area contributed by atoms with Gasteiger partial charge < -0.3 is 15.0 Å². The van der Waals surface area contributed by atoms with E-state index < -0.39 is 0 Å². The number of rotatable bonds is 5. The zero-order valence-electron chi connectivity index (χ0n) is 16.4. The van der Waals surface area contributed by atoms with Crippen molar-refractivity contribution in [1.29, 1.82) is 0 Å². The molecule has 1 amide bonds. The van der Waals surface area contributed by atoms with Crippen molar-refractivity contribution in [2.75, 3.05) is 6.54 Å². The quantitative estimate of drug-likeness (QED) is 0.863. The molecule has 1 spiro atoms. The lowest BCUT2D eigenvalue weighted by Crippen LogP contribution is -2.42. The van der Waals surface area contributed by atoms with Gasteiger partial charge in [-0.05, 0) is 44.6 Å². The largest absolute Gasteiger partial charge is 0.370 e. The number of hydrogen-bond acceptors (Lipinski definition) is 4. The van der Waals surface area contributed by atoms with E-state index in [1.807, 2.05) is 17.9 Å². The predicted molar refractivity (Wildman–Crippen MR) is 102 cm³/mol. The van der Waals surface area contributed by atoms with Crippen LogP contribution in [0.2, 0.25) is 0 Å². The summed E-state index contributed by atoms with van der Waals surface area (Å²) in [7, 11) is 1.98. The average Bonchev–Trinajstić information content (AvgIpc) is 3.17. The van der Waals surface area contributed by atoms with Gasteiger partial charge in [0.2, 0.25) is 5.91 Å². The molecule has 4 fully saturated rings. The molecule has 1 unspecified atom stereocenters. The molecule has 0 aromatic carbocycles. The summed E-state index contributed by atoms with van der Waals surface area (Å²) in [5, 5.41) is 8.08. The Kier molecular flexibility index (Phi) is 4.51. The van der Waals surface area contributed by atoms with Gasteiger partial charge in [0.05, 0.1) is 23.4 Å². The van der Waals surface area contributed by atoms with Gasteiger partial charge in [-0.2, -0.15) is 5.10 Å². The van der Waals surface area contributed by atoms with Gasteiger partial charge in [0.15, 0.2) is 0 Å². The molecule has 2 saturated carbocycles. The summed E-state index contributed by atoms with van der Waals surface area (Å²) in [5.74, 6) is 0.289. The Hall–Kier alpha value is -1.40. The van der Waals surface area contributed by atoms with E-state index in [-0.39, 0.29) is 23.6 Å². The number of likely N-dealkylation sites (tertiary alicyclic amines) is 1. The van der Waals surface area contributed by atoms with Crippen molar-refractivity contribution < 1.29 is 9.53 Å². The first-order valence-electron chi connectivity index (χ1n) is 10.9. The van der Waals surface area contributed by atoms with Crippen LogP contribution in [0.4, 0.5) is 0 Å². The molecule has 4 aliphatic rings. The first-order chi connectivity index (χ1) is 13.2. The van der Waals surface area contributed by atoms with Gasteiger partial charge in [0, 0.05) is 38.3 Å². The van der Waals surface area contributed by atoms with Crippen LogP contribution in [0.15, 0.2) is 12.3 Å². The fraction of sp³-hybridized carbons (Fsp3) is 0.810. The second kappa shape index (κ2) is 6.89. The minimum atomic E-state index is 0.0996. The van der Waals surface area contributed by atoms with E-state index in [2.05, 4.69) is 21.4 Å². The third-order valence-electron chi connectivity index (χ3n) is 7.18. The van der Waals surface area contributed by atoms with Crippen LogP contribution in [0.3, 0.4) is 0 Å². The summed E-state index contributed by atoms with van der Waals surface area (Å²) >= 11 is 0. The van der Waals surface area contributed by atoms with E-state index in [4.69, 9.17) is 4.74 Å². The van der Waals surface area contributed by atoms with E-state index in [0.29, 0.717) is 18.6 Å². The second-order valence-corrected chi connectivity index (χ2v) is 9.10. The molecule has 2 aliphatic heterocycles. The Morgan fingerprint density at radius 3 is 2.74 bits per heavy atom. The molecule has 5 rings (SSSR count). The number of nitrogens with one attached hydrogen (secondary N) is 1. The monoisotopic (exact) mass is 372 g/mol. The number of aryl methyl sites for hydroxylation is 1. The Balaban J connectivity index is 1.26. The van der Waals surface area contributed by atoms with Crippen molar-refractivity contribution in [3.63, 3.8) is 0 Å². The summed E-state index contributed by atoms with van der Waals surface area (Å²) in [6.45, 7) is 0.854. The Bertz CT molecular complexity index is 692. The molecule has 1 aromatic rings. The summed E-state index contributed by atoms with van der Waals surface area (Å²) in [5.41, 5.74) is 1.30. The van der Waals surface area contributed by atoms with Gasteiger partial charge in [-0.1, -0.05) is 19.3 Å². The normalized spacial score (nSPS) is 33.3. The Morgan fingerprint density at radius 1 is 1.22 bits per heavy atom. The van der Waals surface area contributed by atoms with E-state index in [1.54, 1.807) is 0 Å². The van der Waals surface area contributed by atoms with E-state index >= 15 is 0 Å². The van der Waals surface area contributed by atoms with Crippen LogP contribution in [-0.4, -0.2) is 50.9 Å². The lowest BCUT2D eigenvalue weighted by Gasteiger charge is -2.34. The standard InChI is InChI=1S/C21H32N4O2/c1-24-18(8-12-23-24)20-17(13-19(26)25(20)15-5-6-15)22-14-16-7-11-21(27-16)9-3-2-4-10-21/h8,12,15-17,20,22H,2-7,9-11,13-14H2,1H3/t16?,17-,20-/m1/s1. The smallest absolute Gasteiger partial charge is 0.225 e. The highest BCUT2D eigenvalue weighted by molar-refractivity contribution is 5.81. The van der Waals surface area contributed by atoms with Crippen LogP contribution < -0.4 is 5.32 Å². The van der Waals surface area contributed by atoms with Crippen molar-refractivity contribution >= 4 is 5.91 Å². The summed E-state index contributed by atoms with van der Waals surface area (Å²) < 4.78 is 8.46. The molecular weight excluding hydrogens is 340 g/mol. The molecule has 2 aliphatic carbocycles. The molecule has 6 nitrogen and oxygen atoms in total. The molecule has 1 aromatic heterocycles. The fourth-order valence-electron chi connectivity index (χ4n) is 5.63. The maximum atomic E-state index is 12.7. The average molecular weight is 373 g/mol. The number of aromatic nitrogens is 2. The number of hydrogen-bond donors (Lipinski definition) is 1. The molecule has 2 saturated heterocycles. The maximum absolute atomic E-state index is 12.7. The van der Waals surface area contributed by atoms with Crippen LogP contribution >= 0.6 is 0 Å². The molecule has 6 heteroatoms. The molecule has 148 valence electrons. The van der Waals surface area contributed by atoms with Gasteiger partial charge in [-0.15, -0.1) is 0 Å². The van der Waals surface area contributed by atoms with E-state index in [0.717, 1.165) is 31.5 Å². The number of carbonyl (C=O) groups excluding carboxylic acids is 1. The topological polar surface area (TPSA) is 59.4 Å². The molecule has 3 heterocycles. The summed E-state index contributed by atoms with van der Waals surface area (Å²) in [6.07, 6.45) is 13.8. The Labute approximate surface area is 161 Å². The van der Waals surface area contributed by atoms with Gasteiger partial charge in [0.25, 0.3) is 0 Å². The van der Waals surface area contributed by atoms with E-state index in [9.17, 15) is 4.79 Å². The highest BCUT2D eigenvalue weighted by Crippen LogP contribution is 2.43. The second-order valence-electron chi connectivity index (χ2n) is 9.10. The van der Waals surface area contributed by atoms with Gasteiger partial charge in [-0.3, -0.25) is 9.48 Å². The maximum Gasteiger partial charge on any atom is 0.225 e. The zero-order valence-corrected chi connectivity index (χ0v) is 16.4. The number of ether oxygens (including phenoxy) is 1. The highest BCUT2D eigenvalue weighted by atomic mass is 16.5. The van der Waals surface area contributed by atoms with Crippen molar-refractivity contribution in [3.05, 3.63) is 18.0 Å². The van der Waals surface area contributed by atoms with Crippen LogP contribution in [0, 0.1) is 0 Å². The summed E-state index contributed by atoms with van der Waals surface area (Å²) in [4.78, 5) is 14.9. The van der Waals surface area contributed by atoms with Gasteiger partial charge in [-0.25, -0.2) is 0 Å². The predicted octanol–water partition coefficient (Wildman–Crippen LogP) is 2.70. The molecule has 3 atom stereocenters. The molecule has 27 heavy (non-hydrogen) atoms. The molecule has 0 radical (unpaired) electrons.